The lowest BCUT2D eigenvalue weighted by atomic mass is 10.2. The number of nitrogens with zero attached hydrogens (tertiary/aromatic N) is 2. The molecule has 2 rings (SSSR count). The van der Waals surface area contributed by atoms with E-state index in [9.17, 15) is 4.79 Å². The van der Waals surface area contributed by atoms with Gasteiger partial charge in [0.25, 0.3) is 11.1 Å². The van der Waals surface area contributed by atoms with Gasteiger partial charge in [0.05, 0.1) is 6.20 Å². The number of rotatable bonds is 3. The zero-order chi connectivity index (χ0) is 13.1. The van der Waals surface area contributed by atoms with Gasteiger partial charge in [0.2, 0.25) is 0 Å². The first-order valence-corrected chi connectivity index (χ1v) is 6.08. The third-order valence-electron chi connectivity index (χ3n) is 2.27. The van der Waals surface area contributed by atoms with Crippen LogP contribution < -0.4 is 5.73 Å². The first kappa shape index (κ1) is 12.5. The molecular formula is C12H13N3O2S. The molecule has 1 amide bonds. The first-order valence-electron chi connectivity index (χ1n) is 5.26. The number of anilines is 1. The first-order chi connectivity index (χ1) is 8.58. The quantitative estimate of drug-likeness (QED) is 0.859. The zero-order valence-electron chi connectivity index (χ0n) is 10.1. The highest BCUT2D eigenvalue weighted by molar-refractivity contribution is 7.99. The second-order valence-corrected chi connectivity index (χ2v) is 4.85. The molecule has 0 radical (unpaired) electrons. The lowest BCUT2D eigenvalue weighted by Gasteiger charge is -2.11. The smallest absolute Gasteiger partial charge is 0.260 e. The van der Waals surface area contributed by atoms with Crippen molar-refractivity contribution in [3.05, 3.63) is 36.2 Å². The highest BCUT2D eigenvalue weighted by atomic mass is 32.2. The second-order valence-electron chi connectivity index (χ2n) is 3.85. The van der Waals surface area contributed by atoms with Crippen molar-refractivity contribution in [1.82, 2.24) is 9.88 Å². The van der Waals surface area contributed by atoms with Crippen LogP contribution >= 0.6 is 11.8 Å². The fourth-order valence-electron chi connectivity index (χ4n) is 1.39. The molecule has 5 nitrogen and oxygen atoms in total. The predicted molar refractivity (Wildman–Crippen MR) is 69.5 cm³/mol. The highest BCUT2D eigenvalue weighted by Gasteiger charge is 2.11. The third-order valence-corrected chi connectivity index (χ3v) is 3.24. The van der Waals surface area contributed by atoms with Gasteiger partial charge in [-0.05, 0) is 30.0 Å². The fourth-order valence-corrected chi connectivity index (χ4v) is 2.11. The average molecular weight is 263 g/mol. The molecule has 1 heterocycles. The summed E-state index contributed by atoms with van der Waals surface area (Å²) >= 11 is 1.32. The van der Waals surface area contributed by atoms with E-state index in [1.165, 1.54) is 22.9 Å². The molecule has 6 heteroatoms. The van der Waals surface area contributed by atoms with E-state index >= 15 is 0 Å². The molecule has 94 valence electrons. The fraction of sp³-hybridized carbons (Fsp3) is 0.167. The molecule has 0 saturated heterocycles. The Morgan fingerprint density at radius 1 is 1.44 bits per heavy atom. The summed E-state index contributed by atoms with van der Waals surface area (Å²) in [4.78, 5) is 18.1. The van der Waals surface area contributed by atoms with Gasteiger partial charge in [-0.1, -0.05) is 0 Å². The van der Waals surface area contributed by atoms with Crippen LogP contribution in [0.4, 0.5) is 5.69 Å². The third kappa shape index (κ3) is 2.65. The molecule has 0 unspecified atom stereocenters. The van der Waals surface area contributed by atoms with Crippen LogP contribution in [0.5, 0.6) is 0 Å². The number of aromatic nitrogens is 1. The number of carbonyl (C=O) groups is 1. The number of nitrogens with two attached hydrogens (primary N) is 1. The number of hydrogen-bond donors (Lipinski definition) is 1. The Morgan fingerprint density at radius 2 is 2.22 bits per heavy atom. The van der Waals surface area contributed by atoms with Gasteiger partial charge in [0.1, 0.15) is 6.26 Å². The summed E-state index contributed by atoms with van der Waals surface area (Å²) < 4.78 is 5.13. The van der Waals surface area contributed by atoms with Crippen molar-refractivity contribution in [2.75, 3.05) is 19.8 Å². The Kier molecular flexibility index (Phi) is 3.57. The van der Waals surface area contributed by atoms with E-state index in [0.717, 1.165) is 4.90 Å². The maximum absolute atomic E-state index is 11.8. The van der Waals surface area contributed by atoms with E-state index in [2.05, 4.69) is 4.98 Å². The molecule has 18 heavy (non-hydrogen) atoms. The van der Waals surface area contributed by atoms with Crippen LogP contribution in [0.2, 0.25) is 0 Å². The van der Waals surface area contributed by atoms with Gasteiger partial charge in [0.15, 0.2) is 0 Å². The minimum Gasteiger partial charge on any atom is -0.440 e. The second kappa shape index (κ2) is 5.14. The lowest BCUT2D eigenvalue weighted by molar-refractivity contribution is 0.0827. The summed E-state index contributed by atoms with van der Waals surface area (Å²) in [5.41, 5.74) is 7.01. The van der Waals surface area contributed by atoms with Gasteiger partial charge in [-0.15, -0.1) is 0 Å². The van der Waals surface area contributed by atoms with Crippen molar-refractivity contribution in [3.63, 3.8) is 0 Å². The van der Waals surface area contributed by atoms with Crippen LogP contribution in [0.3, 0.4) is 0 Å². The highest BCUT2D eigenvalue weighted by Crippen LogP contribution is 2.31. The van der Waals surface area contributed by atoms with Crippen molar-refractivity contribution in [2.24, 2.45) is 0 Å². The van der Waals surface area contributed by atoms with Crippen LogP contribution in [0.25, 0.3) is 0 Å². The molecule has 0 atom stereocenters. The van der Waals surface area contributed by atoms with E-state index in [1.54, 1.807) is 38.5 Å². The zero-order valence-corrected chi connectivity index (χ0v) is 10.9. The predicted octanol–water partition coefficient (Wildman–Crippen LogP) is 2.11. The van der Waals surface area contributed by atoms with Gasteiger partial charge in [-0.2, -0.15) is 0 Å². The van der Waals surface area contributed by atoms with Crippen LogP contribution in [0.15, 0.2) is 45.2 Å². The van der Waals surface area contributed by atoms with E-state index in [-0.39, 0.29) is 5.91 Å². The summed E-state index contributed by atoms with van der Waals surface area (Å²) in [5, 5.41) is 0.522. The number of hydrogen-bond acceptors (Lipinski definition) is 5. The van der Waals surface area contributed by atoms with E-state index < -0.39 is 0 Å². The molecule has 1 aromatic carbocycles. The monoisotopic (exact) mass is 263 g/mol. The SMILES string of the molecule is CN(C)C(=O)c1ccc(Sc2ncco2)c(N)c1. The summed E-state index contributed by atoms with van der Waals surface area (Å²) in [6.45, 7) is 0. The number of oxazole rings is 1. The molecule has 0 bridgehead atoms. The Labute approximate surface area is 109 Å². The van der Waals surface area contributed by atoms with Crippen LogP contribution in [0, 0.1) is 0 Å². The standard InChI is InChI=1S/C12H13N3O2S/c1-15(2)11(16)8-3-4-10(9(13)7-8)18-12-14-5-6-17-12/h3-7H,13H2,1-2H3. The van der Waals surface area contributed by atoms with Gasteiger partial charge < -0.3 is 15.1 Å². The molecule has 0 aliphatic carbocycles. The minimum absolute atomic E-state index is 0.0747. The summed E-state index contributed by atoms with van der Waals surface area (Å²) in [7, 11) is 3.40. The Bertz CT molecular complexity index is 552. The largest absolute Gasteiger partial charge is 0.440 e. The van der Waals surface area contributed by atoms with Gasteiger partial charge in [-0.3, -0.25) is 4.79 Å². The number of carbonyl (C=O) groups excluding carboxylic acids is 1. The average Bonchev–Trinajstić information content (AvgIpc) is 2.83. The summed E-state index contributed by atoms with van der Waals surface area (Å²) in [6.07, 6.45) is 3.07. The number of benzene rings is 1. The van der Waals surface area contributed by atoms with E-state index in [1.807, 2.05) is 0 Å². The minimum atomic E-state index is -0.0747. The van der Waals surface area contributed by atoms with Crippen LogP contribution in [-0.2, 0) is 0 Å². The molecule has 1 aromatic heterocycles. The lowest BCUT2D eigenvalue weighted by Crippen LogP contribution is -2.21. The van der Waals surface area contributed by atoms with Crippen molar-refractivity contribution in [2.45, 2.75) is 10.1 Å². The van der Waals surface area contributed by atoms with Crippen molar-refractivity contribution < 1.29 is 9.21 Å². The molecule has 0 fully saturated rings. The van der Waals surface area contributed by atoms with Gasteiger partial charge >= 0.3 is 0 Å². The molecular weight excluding hydrogens is 250 g/mol. The molecule has 0 spiro atoms. The van der Waals surface area contributed by atoms with Gasteiger partial charge in [-0.25, -0.2) is 4.98 Å². The number of amides is 1. The van der Waals surface area contributed by atoms with Crippen LogP contribution in [-0.4, -0.2) is 29.9 Å². The summed E-state index contributed by atoms with van der Waals surface area (Å²) in [5.74, 6) is -0.0747. The molecule has 2 aromatic rings. The van der Waals surface area contributed by atoms with Gasteiger partial charge in [0, 0.05) is 30.2 Å². The maximum Gasteiger partial charge on any atom is 0.260 e. The Morgan fingerprint density at radius 3 is 2.78 bits per heavy atom. The molecule has 0 saturated carbocycles. The normalized spacial score (nSPS) is 10.3. The van der Waals surface area contributed by atoms with Crippen molar-refractivity contribution in [3.8, 4) is 0 Å². The summed E-state index contributed by atoms with van der Waals surface area (Å²) in [6, 6.07) is 5.19. The molecule has 0 aliphatic rings. The van der Waals surface area contributed by atoms with Crippen molar-refractivity contribution in [1.29, 1.82) is 0 Å². The number of nitrogen functional groups attached to an aromatic ring is 1. The molecule has 2 N–H and O–H groups in total. The van der Waals surface area contributed by atoms with Crippen molar-refractivity contribution >= 4 is 23.4 Å². The van der Waals surface area contributed by atoms with E-state index in [4.69, 9.17) is 10.2 Å². The Balaban J connectivity index is 2.23. The van der Waals surface area contributed by atoms with E-state index in [0.29, 0.717) is 16.5 Å². The maximum atomic E-state index is 11.8. The topological polar surface area (TPSA) is 72.4 Å². The van der Waals surface area contributed by atoms with Crippen LogP contribution in [0.1, 0.15) is 10.4 Å². The Hall–Kier alpha value is -1.95. The molecule has 0 aliphatic heterocycles.